The molecule has 0 aromatic heterocycles. The number of likely N-dealkylation sites (tertiary alicyclic amines) is 1. The molecule has 0 aliphatic carbocycles. The molecule has 0 spiro atoms. The van der Waals surface area contributed by atoms with E-state index in [0.29, 0.717) is 19.4 Å². The van der Waals surface area contributed by atoms with Gasteiger partial charge in [0.05, 0.1) is 26.2 Å². The number of carbonyl (C=O) groups excluding carboxylic acids is 3. The quantitative estimate of drug-likeness (QED) is 0.451. The Balaban J connectivity index is 2.18. The Hall–Kier alpha value is -2.66. The summed E-state index contributed by atoms with van der Waals surface area (Å²) in [6.45, 7) is 6.60. The number of benzene rings is 1. The van der Waals surface area contributed by atoms with E-state index in [1.807, 2.05) is 0 Å². The Morgan fingerprint density at radius 2 is 1.82 bits per heavy atom. The molecule has 2 amide bonds. The number of nitrogens with zero attached hydrogens (tertiary/aromatic N) is 3. The zero-order valence-corrected chi connectivity index (χ0v) is 21.4. The molecule has 1 fully saturated rings. The minimum atomic E-state index is -3.87. The summed E-state index contributed by atoms with van der Waals surface area (Å²) in [5.74, 6) is -1.32. The summed E-state index contributed by atoms with van der Waals surface area (Å²) in [6.07, 6.45) is 1.34. The first-order valence-electron chi connectivity index (χ1n) is 11.5. The van der Waals surface area contributed by atoms with E-state index in [-0.39, 0.29) is 66.8 Å². The predicted octanol–water partition coefficient (Wildman–Crippen LogP) is 1.60. The number of esters is 1. The molecule has 1 heterocycles. The van der Waals surface area contributed by atoms with Crippen molar-refractivity contribution in [1.29, 1.82) is 0 Å². The number of rotatable bonds is 10. The van der Waals surface area contributed by atoms with E-state index in [0.717, 1.165) is 0 Å². The maximum Gasteiger partial charge on any atom is 0.310 e. The van der Waals surface area contributed by atoms with Gasteiger partial charge < -0.3 is 19.3 Å². The van der Waals surface area contributed by atoms with Crippen LogP contribution in [0, 0.1) is 5.92 Å². The summed E-state index contributed by atoms with van der Waals surface area (Å²) in [5.41, 5.74) is 0.130. The minimum absolute atomic E-state index is 0.0995. The van der Waals surface area contributed by atoms with E-state index in [4.69, 9.17) is 9.47 Å². The van der Waals surface area contributed by atoms with Crippen LogP contribution in [-0.4, -0.2) is 93.8 Å². The Morgan fingerprint density at radius 1 is 1.15 bits per heavy atom. The van der Waals surface area contributed by atoms with E-state index in [1.165, 1.54) is 41.6 Å². The Kier molecular flexibility index (Phi) is 9.87. The molecule has 11 heteroatoms. The second kappa shape index (κ2) is 12.2. The van der Waals surface area contributed by atoms with Crippen LogP contribution in [0.25, 0.3) is 0 Å². The third-order valence-electron chi connectivity index (χ3n) is 5.85. The fourth-order valence-corrected chi connectivity index (χ4v) is 5.60. The average molecular weight is 498 g/mol. The van der Waals surface area contributed by atoms with Gasteiger partial charge in [0.15, 0.2) is 0 Å². The molecule has 10 nitrogen and oxygen atoms in total. The second-order valence-electron chi connectivity index (χ2n) is 8.05. The van der Waals surface area contributed by atoms with Crippen LogP contribution in [0.4, 0.5) is 0 Å². The van der Waals surface area contributed by atoms with Crippen molar-refractivity contribution in [1.82, 2.24) is 14.1 Å². The topological polar surface area (TPSA) is 114 Å². The van der Waals surface area contributed by atoms with Gasteiger partial charge in [-0.1, -0.05) is 13.8 Å². The maximum atomic E-state index is 13.1. The molecule has 1 aliphatic heterocycles. The number of hydrogen-bond acceptors (Lipinski definition) is 7. The molecule has 0 saturated carbocycles. The van der Waals surface area contributed by atoms with E-state index >= 15 is 0 Å². The monoisotopic (exact) mass is 497 g/mol. The Labute approximate surface area is 201 Å². The molecule has 0 N–H and O–H groups in total. The highest BCUT2D eigenvalue weighted by atomic mass is 32.2. The number of ether oxygens (including phenoxy) is 2. The van der Waals surface area contributed by atoms with Gasteiger partial charge in [0.2, 0.25) is 15.9 Å². The van der Waals surface area contributed by atoms with Gasteiger partial charge in [-0.15, -0.1) is 0 Å². The van der Waals surface area contributed by atoms with Gasteiger partial charge in [0.1, 0.15) is 10.6 Å². The molecular weight excluding hydrogens is 462 g/mol. The van der Waals surface area contributed by atoms with Gasteiger partial charge in [0, 0.05) is 38.8 Å². The standard InChI is InChI=1S/C23H35N3O7S/c1-6-26(7-2)34(30,31)20-14-17(11-12-19(20)32-5)22(28)24(4)16-21(27)25-13-9-10-18(15-25)23(29)33-8-3/h11-12,14,18H,6-10,13,15-16H2,1-5H3. The van der Waals surface area contributed by atoms with Crippen molar-refractivity contribution >= 4 is 27.8 Å². The lowest BCUT2D eigenvalue weighted by atomic mass is 9.98. The van der Waals surface area contributed by atoms with Gasteiger partial charge >= 0.3 is 5.97 Å². The fraction of sp³-hybridized carbons (Fsp3) is 0.609. The maximum absolute atomic E-state index is 13.1. The summed E-state index contributed by atoms with van der Waals surface area (Å²) in [7, 11) is -1.02. The van der Waals surface area contributed by atoms with Crippen molar-refractivity contribution in [2.45, 2.75) is 38.5 Å². The molecule has 1 aliphatic rings. The molecular formula is C23H35N3O7S. The summed E-state index contributed by atoms with van der Waals surface area (Å²) < 4.78 is 37.7. The van der Waals surface area contributed by atoms with Crippen LogP contribution < -0.4 is 4.74 Å². The van der Waals surface area contributed by atoms with Crippen LogP contribution in [0.2, 0.25) is 0 Å². The van der Waals surface area contributed by atoms with Gasteiger partial charge in [-0.2, -0.15) is 4.31 Å². The summed E-state index contributed by atoms with van der Waals surface area (Å²) in [4.78, 5) is 40.6. The predicted molar refractivity (Wildman–Crippen MR) is 126 cm³/mol. The fourth-order valence-electron chi connectivity index (χ4n) is 3.97. The first kappa shape index (κ1) is 27.6. The summed E-state index contributed by atoms with van der Waals surface area (Å²) in [5, 5.41) is 0. The smallest absolute Gasteiger partial charge is 0.310 e. The van der Waals surface area contributed by atoms with Crippen molar-refractivity contribution in [2.24, 2.45) is 5.92 Å². The number of methoxy groups -OCH3 is 1. The highest BCUT2D eigenvalue weighted by molar-refractivity contribution is 7.89. The lowest BCUT2D eigenvalue weighted by molar-refractivity contribution is -0.151. The van der Waals surface area contributed by atoms with Gasteiger partial charge in [-0.05, 0) is 38.0 Å². The normalized spacial score (nSPS) is 16.3. The zero-order valence-electron chi connectivity index (χ0n) is 20.6. The Bertz CT molecular complexity index is 992. The molecule has 2 rings (SSSR count). The van der Waals surface area contributed by atoms with Crippen molar-refractivity contribution in [3.8, 4) is 5.75 Å². The molecule has 0 bridgehead atoms. The number of carbonyl (C=O) groups is 3. The van der Waals surface area contributed by atoms with Crippen molar-refractivity contribution < 1.29 is 32.3 Å². The van der Waals surface area contributed by atoms with E-state index < -0.39 is 15.9 Å². The highest BCUT2D eigenvalue weighted by Gasteiger charge is 2.31. The average Bonchev–Trinajstić information content (AvgIpc) is 2.83. The first-order chi connectivity index (χ1) is 16.1. The molecule has 34 heavy (non-hydrogen) atoms. The van der Waals surface area contributed by atoms with Gasteiger partial charge in [-0.25, -0.2) is 8.42 Å². The molecule has 0 radical (unpaired) electrons. The number of piperidine rings is 1. The van der Waals surface area contributed by atoms with Crippen molar-refractivity contribution in [2.75, 3.05) is 53.5 Å². The number of amides is 2. The lowest BCUT2D eigenvalue weighted by Gasteiger charge is -2.32. The van der Waals surface area contributed by atoms with Crippen molar-refractivity contribution in [3.63, 3.8) is 0 Å². The molecule has 1 aromatic rings. The second-order valence-corrected chi connectivity index (χ2v) is 9.95. The molecule has 1 unspecified atom stereocenters. The van der Waals surface area contributed by atoms with Crippen LogP contribution in [0.3, 0.4) is 0 Å². The number of sulfonamides is 1. The van der Waals surface area contributed by atoms with Crippen LogP contribution in [0.5, 0.6) is 5.75 Å². The van der Waals surface area contributed by atoms with Crippen LogP contribution in [-0.2, 0) is 24.3 Å². The van der Waals surface area contributed by atoms with Crippen LogP contribution in [0.1, 0.15) is 44.0 Å². The largest absolute Gasteiger partial charge is 0.495 e. The summed E-state index contributed by atoms with van der Waals surface area (Å²) >= 11 is 0. The molecule has 1 aromatic carbocycles. The minimum Gasteiger partial charge on any atom is -0.495 e. The first-order valence-corrected chi connectivity index (χ1v) is 12.9. The van der Waals surface area contributed by atoms with Crippen molar-refractivity contribution in [3.05, 3.63) is 23.8 Å². The molecule has 1 atom stereocenters. The number of likely N-dealkylation sites (N-methyl/N-ethyl adjacent to an activating group) is 1. The van der Waals surface area contributed by atoms with E-state index in [1.54, 1.807) is 25.7 Å². The van der Waals surface area contributed by atoms with E-state index in [2.05, 4.69) is 0 Å². The SMILES string of the molecule is CCOC(=O)C1CCCN(C(=O)CN(C)C(=O)c2ccc(OC)c(S(=O)(=O)N(CC)CC)c2)C1. The van der Waals surface area contributed by atoms with E-state index in [9.17, 15) is 22.8 Å². The number of hydrogen-bond donors (Lipinski definition) is 0. The third-order valence-corrected chi connectivity index (χ3v) is 7.92. The van der Waals surface area contributed by atoms with Gasteiger partial charge in [0.25, 0.3) is 5.91 Å². The lowest BCUT2D eigenvalue weighted by Crippen LogP contribution is -2.47. The van der Waals surface area contributed by atoms with Crippen LogP contribution >= 0.6 is 0 Å². The third kappa shape index (κ3) is 6.26. The van der Waals surface area contributed by atoms with Crippen LogP contribution in [0.15, 0.2) is 23.1 Å². The highest BCUT2D eigenvalue weighted by Crippen LogP contribution is 2.28. The Morgan fingerprint density at radius 3 is 2.41 bits per heavy atom. The molecule has 190 valence electrons. The summed E-state index contributed by atoms with van der Waals surface area (Å²) in [6, 6.07) is 4.20. The zero-order chi connectivity index (χ0) is 25.5. The molecule has 1 saturated heterocycles. The van der Waals surface area contributed by atoms with Gasteiger partial charge in [-0.3, -0.25) is 14.4 Å².